The van der Waals surface area contributed by atoms with Crippen molar-refractivity contribution in [3.63, 3.8) is 0 Å². The molecular formula is C13H14BrNO3S. The van der Waals surface area contributed by atoms with Gasteiger partial charge in [-0.3, -0.25) is 4.79 Å². The number of hydrogen-bond donors (Lipinski definition) is 0. The third kappa shape index (κ3) is 2.21. The number of rotatable bonds is 1. The van der Waals surface area contributed by atoms with Crippen LogP contribution in [-0.2, 0) is 14.6 Å². The first-order valence-corrected chi connectivity index (χ1v) is 8.77. The van der Waals surface area contributed by atoms with Gasteiger partial charge in [-0.15, -0.1) is 0 Å². The van der Waals surface area contributed by atoms with Crippen molar-refractivity contribution in [1.82, 2.24) is 0 Å². The van der Waals surface area contributed by atoms with Crippen molar-refractivity contribution >= 4 is 37.4 Å². The molecule has 0 aromatic heterocycles. The number of carbonyl (C=O) groups excluding carboxylic acids is 1. The van der Waals surface area contributed by atoms with Gasteiger partial charge in [-0.1, -0.05) is 15.9 Å². The number of hydrogen-bond acceptors (Lipinski definition) is 3. The van der Waals surface area contributed by atoms with Gasteiger partial charge >= 0.3 is 0 Å². The van der Waals surface area contributed by atoms with Gasteiger partial charge < -0.3 is 4.90 Å². The Balaban J connectivity index is 1.99. The van der Waals surface area contributed by atoms with Gasteiger partial charge in [0.1, 0.15) is 0 Å². The van der Waals surface area contributed by atoms with Crippen LogP contribution >= 0.6 is 15.9 Å². The van der Waals surface area contributed by atoms with Crippen LogP contribution in [0, 0.1) is 12.8 Å². The van der Waals surface area contributed by atoms with E-state index in [0.717, 1.165) is 15.7 Å². The Morgan fingerprint density at radius 2 is 2.05 bits per heavy atom. The average molecular weight is 344 g/mol. The highest BCUT2D eigenvalue weighted by Crippen LogP contribution is 2.37. The van der Waals surface area contributed by atoms with Crippen molar-refractivity contribution in [3.8, 4) is 0 Å². The summed E-state index contributed by atoms with van der Waals surface area (Å²) >= 11 is 3.43. The van der Waals surface area contributed by atoms with Gasteiger partial charge in [0.15, 0.2) is 9.84 Å². The quantitative estimate of drug-likeness (QED) is 0.782. The second-order valence-electron chi connectivity index (χ2n) is 5.31. The summed E-state index contributed by atoms with van der Waals surface area (Å²) in [5.41, 5.74) is 1.84. The van der Waals surface area contributed by atoms with Crippen LogP contribution in [0.5, 0.6) is 0 Å². The Kier molecular flexibility index (Phi) is 2.98. The van der Waals surface area contributed by atoms with Crippen molar-refractivity contribution in [3.05, 3.63) is 28.2 Å². The molecule has 3 rings (SSSR count). The van der Waals surface area contributed by atoms with Gasteiger partial charge in [0, 0.05) is 22.5 Å². The summed E-state index contributed by atoms with van der Waals surface area (Å²) in [6.07, 6.45) is 0.346. The van der Waals surface area contributed by atoms with Crippen LogP contribution in [0.2, 0.25) is 0 Å². The van der Waals surface area contributed by atoms with E-state index in [1.165, 1.54) is 0 Å². The lowest BCUT2D eigenvalue weighted by molar-refractivity contribution is -0.117. The highest BCUT2D eigenvalue weighted by atomic mass is 79.9. The Morgan fingerprint density at radius 3 is 2.74 bits per heavy atom. The van der Waals surface area contributed by atoms with Crippen molar-refractivity contribution in [2.45, 2.75) is 19.4 Å². The number of carbonyl (C=O) groups is 1. The largest absolute Gasteiger partial charge is 0.308 e. The number of benzene rings is 1. The van der Waals surface area contributed by atoms with Crippen LogP contribution < -0.4 is 4.90 Å². The molecule has 2 heterocycles. The van der Waals surface area contributed by atoms with Gasteiger partial charge in [-0.2, -0.15) is 0 Å². The minimum Gasteiger partial charge on any atom is -0.308 e. The number of halogens is 1. The van der Waals surface area contributed by atoms with Crippen LogP contribution in [0.1, 0.15) is 12.0 Å². The normalized spacial score (nSPS) is 28.7. The van der Waals surface area contributed by atoms with Gasteiger partial charge in [-0.05, 0) is 30.7 Å². The lowest BCUT2D eigenvalue weighted by atomic mass is 10.0. The van der Waals surface area contributed by atoms with Crippen LogP contribution in [0.25, 0.3) is 0 Å². The Morgan fingerprint density at radius 1 is 1.32 bits per heavy atom. The van der Waals surface area contributed by atoms with Gasteiger partial charge in [-0.25, -0.2) is 8.42 Å². The number of fused-ring (bicyclic) bond motifs is 1. The summed E-state index contributed by atoms with van der Waals surface area (Å²) in [4.78, 5) is 13.8. The SMILES string of the molecule is Cc1cc(N2C(=O)C[C@H]3CS(=O)(=O)C[C@@H]32)ccc1Br. The maximum absolute atomic E-state index is 12.1. The van der Waals surface area contributed by atoms with Gasteiger partial charge in [0.05, 0.1) is 17.5 Å². The summed E-state index contributed by atoms with van der Waals surface area (Å²) in [6, 6.07) is 5.50. The molecule has 0 N–H and O–H groups in total. The third-order valence-corrected chi connectivity index (χ3v) is 6.57. The highest BCUT2D eigenvalue weighted by Gasteiger charge is 2.49. The van der Waals surface area contributed by atoms with E-state index in [-0.39, 0.29) is 29.4 Å². The Bertz CT molecular complexity index is 656. The molecule has 0 bridgehead atoms. The highest BCUT2D eigenvalue weighted by molar-refractivity contribution is 9.10. The van der Waals surface area contributed by atoms with Crippen molar-refractivity contribution in [1.29, 1.82) is 0 Å². The Hall–Kier alpha value is -0.880. The topological polar surface area (TPSA) is 54.5 Å². The predicted molar refractivity (Wildman–Crippen MR) is 76.9 cm³/mol. The molecule has 1 aromatic rings. The van der Waals surface area contributed by atoms with Gasteiger partial charge in [0.25, 0.3) is 0 Å². The lowest BCUT2D eigenvalue weighted by Gasteiger charge is -2.23. The molecule has 2 aliphatic heterocycles. The number of aryl methyl sites for hydroxylation is 1. The van der Waals surface area contributed by atoms with E-state index in [9.17, 15) is 13.2 Å². The zero-order valence-electron chi connectivity index (χ0n) is 10.5. The molecule has 1 amide bonds. The first-order chi connectivity index (χ1) is 8.87. The fourth-order valence-electron chi connectivity index (χ4n) is 3.00. The van der Waals surface area contributed by atoms with Crippen LogP contribution in [0.3, 0.4) is 0 Å². The van der Waals surface area contributed by atoms with Crippen LogP contribution in [0.4, 0.5) is 5.69 Å². The minimum atomic E-state index is -2.99. The van der Waals surface area contributed by atoms with Crippen LogP contribution in [-0.4, -0.2) is 31.9 Å². The van der Waals surface area contributed by atoms with E-state index in [1.807, 2.05) is 25.1 Å². The molecule has 0 saturated carbocycles. The average Bonchev–Trinajstić information content (AvgIpc) is 2.73. The molecular weight excluding hydrogens is 330 g/mol. The zero-order valence-corrected chi connectivity index (χ0v) is 12.9. The fourth-order valence-corrected chi connectivity index (χ4v) is 5.32. The molecule has 4 nitrogen and oxygen atoms in total. The first-order valence-electron chi connectivity index (χ1n) is 6.16. The number of sulfone groups is 1. The number of anilines is 1. The zero-order chi connectivity index (χ0) is 13.8. The molecule has 2 saturated heterocycles. The molecule has 0 unspecified atom stereocenters. The molecule has 0 radical (unpaired) electrons. The standard InChI is InChI=1S/C13H14BrNO3S/c1-8-4-10(2-3-11(8)14)15-12-7-19(17,18)6-9(12)5-13(15)16/h2-4,9,12H,5-7H2,1H3/t9-,12-/m0/s1. The molecule has 0 spiro atoms. The molecule has 19 heavy (non-hydrogen) atoms. The summed E-state index contributed by atoms with van der Waals surface area (Å²) in [5.74, 6) is 0.238. The predicted octanol–water partition coefficient (Wildman–Crippen LogP) is 1.91. The maximum atomic E-state index is 12.1. The van der Waals surface area contributed by atoms with Crippen molar-refractivity contribution in [2.24, 2.45) is 5.92 Å². The lowest BCUT2D eigenvalue weighted by Crippen LogP contribution is -2.36. The van der Waals surface area contributed by atoms with E-state index >= 15 is 0 Å². The Labute approximate surface area is 120 Å². The van der Waals surface area contributed by atoms with Crippen molar-refractivity contribution in [2.75, 3.05) is 16.4 Å². The summed E-state index contributed by atoms with van der Waals surface area (Å²) in [7, 11) is -2.99. The second kappa shape index (κ2) is 4.31. The molecule has 2 atom stereocenters. The van der Waals surface area contributed by atoms with Crippen LogP contribution in [0.15, 0.2) is 22.7 Å². The molecule has 1 aromatic carbocycles. The van der Waals surface area contributed by atoms with E-state index in [1.54, 1.807) is 4.90 Å². The number of nitrogens with zero attached hydrogens (tertiary/aromatic N) is 1. The molecule has 0 aliphatic carbocycles. The summed E-state index contributed by atoms with van der Waals surface area (Å²) in [6.45, 7) is 1.96. The first kappa shape index (κ1) is 13.1. The second-order valence-corrected chi connectivity index (χ2v) is 8.31. The minimum absolute atomic E-state index is 0.0339. The summed E-state index contributed by atoms with van der Waals surface area (Å²) in [5, 5.41) is 0. The van der Waals surface area contributed by atoms with Gasteiger partial charge in [0.2, 0.25) is 5.91 Å². The smallest absolute Gasteiger partial charge is 0.227 e. The monoisotopic (exact) mass is 343 g/mol. The maximum Gasteiger partial charge on any atom is 0.227 e. The van der Waals surface area contributed by atoms with E-state index < -0.39 is 9.84 Å². The molecule has 2 fully saturated rings. The molecule has 6 heteroatoms. The fraction of sp³-hybridized carbons (Fsp3) is 0.462. The number of amides is 1. The van der Waals surface area contributed by atoms with E-state index in [4.69, 9.17) is 0 Å². The van der Waals surface area contributed by atoms with E-state index in [2.05, 4.69) is 15.9 Å². The third-order valence-electron chi connectivity index (χ3n) is 3.89. The van der Waals surface area contributed by atoms with E-state index in [0.29, 0.717) is 6.42 Å². The van der Waals surface area contributed by atoms with Crippen molar-refractivity contribution < 1.29 is 13.2 Å². The summed E-state index contributed by atoms with van der Waals surface area (Å²) < 4.78 is 24.4. The molecule has 2 aliphatic rings. The molecule has 102 valence electrons.